The third-order valence-electron chi connectivity index (χ3n) is 1.67. The summed E-state index contributed by atoms with van der Waals surface area (Å²) in [6, 6.07) is 0.262. The Kier molecular flexibility index (Phi) is 2.52. The number of aromatic nitrogens is 1. The number of pyridine rings is 1. The van der Waals surface area contributed by atoms with E-state index in [0.717, 1.165) is 6.92 Å². The van der Waals surface area contributed by atoms with Crippen LogP contribution in [0.2, 0.25) is 0 Å². The second-order valence-electron chi connectivity index (χ2n) is 2.72. The van der Waals surface area contributed by atoms with Crippen molar-refractivity contribution in [2.24, 2.45) is 0 Å². The molecule has 8 heteroatoms. The molecule has 0 saturated heterocycles. The molecule has 0 aliphatic carbocycles. The standard InChI is InChI=1S/C7H5F3N2O3/c1-3-5(12(14)15)2-4(6(13)11-3)7(8,9)10/h2H,1H3,(H,11,13). The van der Waals surface area contributed by atoms with Crippen LogP contribution in [0.4, 0.5) is 18.9 Å². The van der Waals surface area contributed by atoms with Gasteiger partial charge in [-0.3, -0.25) is 10.1 Å². The van der Waals surface area contributed by atoms with Gasteiger partial charge < -0.3 is 5.11 Å². The largest absolute Gasteiger partial charge is 0.493 e. The van der Waals surface area contributed by atoms with E-state index in [-0.39, 0.29) is 11.8 Å². The van der Waals surface area contributed by atoms with Crippen LogP contribution in [0.3, 0.4) is 0 Å². The molecule has 0 radical (unpaired) electrons. The molecule has 0 bridgehead atoms. The zero-order valence-electron chi connectivity index (χ0n) is 7.37. The Balaban J connectivity index is 3.43. The first-order valence-corrected chi connectivity index (χ1v) is 3.65. The van der Waals surface area contributed by atoms with Crippen LogP contribution in [0.1, 0.15) is 11.3 Å². The lowest BCUT2D eigenvalue weighted by atomic mass is 10.2. The van der Waals surface area contributed by atoms with Crippen molar-refractivity contribution in [3.63, 3.8) is 0 Å². The number of hydrogen-bond acceptors (Lipinski definition) is 4. The summed E-state index contributed by atoms with van der Waals surface area (Å²) in [7, 11) is 0. The summed E-state index contributed by atoms with van der Waals surface area (Å²) in [6.07, 6.45) is -4.87. The van der Waals surface area contributed by atoms with Gasteiger partial charge >= 0.3 is 6.18 Å². The van der Waals surface area contributed by atoms with Crippen LogP contribution >= 0.6 is 0 Å². The highest BCUT2D eigenvalue weighted by molar-refractivity contribution is 5.43. The average molecular weight is 222 g/mol. The van der Waals surface area contributed by atoms with E-state index in [1.165, 1.54) is 0 Å². The highest BCUT2D eigenvalue weighted by Gasteiger charge is 2.37. The van der Waals surface area contributed by atoms with Crippen LogP contribution < -0.4 is 0 Å². The van der Waals surface area contributed by atoms with Crippen molar-refractivity contribution in [2.45, 2.75) is 13.1 Å². The lowest BCUT2D eigenvalue weighted by molar-refractivity contribution is -0.386. The van der Waals surface area contributed by atoms with Crippen molar-refractivity contribution in [2.75, 3.05) is 0 Å². The van der Waals surface area contributed by atoms with Gasteiger partial charge in [0.25, 0.3) is 5.69 Å². The Morgan fingerprint density at radius 2 is 2.07 bits per heavy atom. The summed E-state index contributed by atoms with van der Waals surface area (Å²) >= 11 is 0. The summed E-state index contributed by atoms with van der Waals surface area (Å²) in [4.78, 5) is 12.4. The second kappa shape index (κ2) is 3.37. The molecule has 0 spiro atoms. The molecule has 0 aliphatic rings. The smallest absolute Gasteiger partial charge is 0.421 e. The van der Waals surface area contributed by atoms with Crippen molar-refractivity contribution >= 4 is 5.69 Å². The van der Waals surface area contributed by atoms with Gasteiger partial charge in [-0.1, -0.05) is 0 Å². The third-order valence-corrected chi connectivity index (χ3v) is 1.67. The van der Waals surface area contributed by atoms with Gasteiger partial charge in [-0.2, -0.15) is 13.2 Å². The maximum atomic E-state index is 12.2. The number of nitro groups is 1. The van der Waals surface area contributed by atoms with Crippen molar-refractivity contribution in [3.05, 3.63) is 27.4 Å². The highest BCUT2D eigenvalue weighted by atomic mass is 19.4. The van der Waals surface area contributed by atoms with Gasteiger partial charge in [0.1, 0.15) is 11.3 Å². The van der Waals surface area contributed by atoms with Crippen LogP contribution in [-0.4, -0.2) is 15.0 Å². The zero-order valence-corrected chi connectivity index (χ0v) is 7.37. The third kappa shape index (κ3) is 2.14. The van der Waals surface area contributed by atoms with Gasteiger partial charge in [0.05, 0.1) is 4.92 Å². The first kappa shape index (κ1) is 11.2. The fraction of sp³-hybridized carbons (Fsp3) is 0.286. The number of aromatic hydroxyl groups is 1. The van der Waals surface area contributed by atoms with Crippen molar-refractivity contribution < 1.29 is 23.2 Å². The SMILES string of the molecule is Cc1nc(O)c(C(F)(F)F)cc1[N+](=O)[O-]. The molecule has 1 aromatic heterocycles. The van der Waals surface area contributed by atoms with Crippen LogP contribution in [0.15, 0.2) is 6.07 Å². The molecule has 0 atom stereocenters. The minimum Gasteiger partial charge on any atom is -0.493 e. The molecule has 1 rings (SSSR count). The van der Waals surface area contributed by atoms with E-state index >= 15 is 0 Å². The van der Waals surface area contributed by atoms with E-state index in [1.807, 2.05) is 0 Å². The molecule has 0 aromatic carbocycles. The molecule has 0 aliphatic heterocycles. The average Bonchev–Trinajstić information content (AvgIpc) is 2.00. The quantitative estimate of drug-likeness (QED) is 0.582. The van der Waals surface area contributed by atoms with E-state index in [4.69, 9.17) is 5.11 Å². The lowest BCUT2D eigenvalue weighted by Crippen LogP contribution is -2.08. The van der Waals surface area contributed by atoms with Crippen LogP contribution in [0.25, 0.3) is 0 Å². The monoisotopic (exact) mass is 222 g/mol. The number of halogens is 3. The number of aryl methyl sites for hydroxylation is 1. The fourth-order valence-corrected chi connectivity index (χ4v) is 0.975. The topological polar surface area (TPSA) is 76.3 Å². The van der Waals surface area contributed by atoms with E-state index in [1.54, 1.807) is 0 Å². The normalized spacial score (nSPS) is 11.5. The van der Waals surface area contributed by atoms with E-state index in [0.29, 0.717) is 0 Å². The van der Waals surface area contributed by atoms with Crippen LogP contribution in [0.5, 0.6) is 5.88 Å². The number of nitrogens with zero attached hydrogens (tertiary/aromatic N) is 2. The maximum absolute atomic E-state index is 12.2. The number of hydrogen-bond donors (Lipinski definition) is 1. The second-order valence-corrected chi connectivity index (χ2v) is 2.72. The van der Waals surface area contributed by atoms with Crippen molar-refractivity contribution in [1.82, 2.24) is 4.98 Å². The minimum absolute atomic E-state index is 0.262. The zero-order chi connectivity index (χ0) is 11.8. The minimum atomic E-state index is -4.87. The summed E-state index contributed by atoms with van der Waals surface area (Å²) < 4.78 is 36.6. The Bertz CT molecular complexity index is 417. The van der Waals surface area contributed by atoms with Crippen molar-refractivity contribution in [1.29, 1.82) is 0 Å². The molecule has 0 unspecified atom stereocenters. The van der Waals surface area contributed by atoms with Gasteiger partial charge in [0.2, 0.25) is 5.88 Å². The Morgan fingerprint density at radius 1 is 1.53 bits per heavy atom. The van der Waals surface area contributed by atoms with Gasteiger partial charge in [-0.15, -0.1) is 0 Å². The molecule has 0 amide bonds. The summed E-state index contributed by atoms with van der Waals surface area (Å²) in [5.41, 5.74) is -2.56. The first-order chi connectivity index (χ1) is 6.73. The van der Waals surface area contributed by atoms with E-state index in [9.17, 15) is 23.3 Å². The summed E-state index contributed by atoms with van der Waals surface area (Å²) in [6.45, 7) is 1.14. The van der Waals surface area contributed by atoms with Crippen LogP contribution in [-0.2, 0) is 6.18 Å². The van der Waals surface area contributed by atoms with Crippen LogP contribution in [0, 0.1) is 17.0 Å². The molecule has 1 N–H and O–H groups in total. The molecule has 0 saturated carbocycles. The molecule has 0 fully saturated rings. The first-order valence-electron chi connectivity index (χ1n) is 3.65. The Labute approximate surface area is 81.3 Å². The molecule has 1 heterocycles. The number of rotatable bonds is 1. The van der Waals surface area contributed by atoms with Crippen molar-refractivity contribution in [3.8, 4) is 5.88 Å². The van der Waals surface area contributed by atoms with E-state index in [2.05, 4.69) is 4.98 Å². The highest BCUT2D eigenvalue weighted by Crippen LogP contribution is 2.37. The molecule has 1 aromatic rings. The molecule has 15 heavy (non-hydrogen) atoms. The Morgan fingerprint density at radius 3 is 2.47 bits per heavy atom. The van der Waals surface area contributed by atoms with E-state index < -0.39 is 28.2 Å². The predicted molar refractivity (Wildman–Crippen MR) is 42.3 cm³/mol. The maximum Gasteiger partial charge on any atom is 0.421 e. The fourth-order valence-electron chi connectivity index (χ4n) is 0.975. The molecular weight excluding hydrogens is 217 g/mol. The molecular formula is C7H5F3N2O3. The molecule has 82 valence electrons. The molecule has 5 nitrogen and oxygen atoms in total. The lowest BCUT2D eigenvalue weighted by Gasteiger charge is -2.08. The van der Waals surface area contributed by atoms with Gasteiger partial charge in [0.15, 0.2) is 0 Å². The summed E-state index contributed by atoms with van der Waals surface area (Å²) in [5.74, 6) is -1.26. The number of alkyl halides is 3. The predicted octanol–water partition coefficient (Wildman–Crippen LogP) is 2.02. The summed E-state index contributed by atoms with van der Waals surface area (Å²) in [5, 5.41) is 19.2. The Hall–Kier alpha value is -1.86. The van der Waals surface area contributed by atoms with Gasteiger partial charge in [0, 0.05) is 6.07 Å². The van der Waals surface area contributed by atoms with Gasteiger partial charge in [-0.25, -0.2) is 4.98 Å². The van der Waals surface area contributed by atoms with Gasteiger partial charge in [-0.05, 0) is 6.92 Å².